The normalized spacial score (nSPS) is 21.1. The van der Waals surface area contributed by atoms with E-state index in [1.54, 1.807) is 0 Å². The molecule has 0 radical (unpaired) electrons. The number of hydrogen-bond acceptors (Lipinski definition) is 12. The van der Waals surface area contributed by atoms with Crippen molar-refractivity contribution in [1.29, 1.82) is 5.26 Å². The number of thiazole rings is 1. The first-order chi connectivity index (χ1) is 13.9. The fraction of sp³-hybridized carbons (Fsp3) is 0.286. The van der Waals surface area contributed by atoms with Crippen molar-refractivity contribution in [3.63, 3.8) is 0 Å². The number of nitrogens with one attached hydrogen (secondary N) is 1. The van der Waals surface area contributed by atoms with Crippen LogP contribution in [-0.2, 0) is 14.3 Å². The summed E-state index contributed by atoms with van der Waals surface area (Å²) in [5, 5.41) is 33.2. The minimum Gasteiger partial charge on any atom is -0.449 e. The molecular formula is C14H12N6O6S3. The molecule has 0 unspecified atom stereocenters. The number of hydrogen-bond donors (Lipinski definition) is 4. The van der Waals surface area contributed by atoms with E-state index in [0.717, 1.165) is 28.0 Å². The summed E-state index contributed by atoms with van der Waals surface area (Å²) in [4.78, 5) is 41.4. The second-order valence-electron chi connectivity index (χ2n) is 5.42. The summed E-state index contributed by atoms with van der Waals surface area (Å²) < 4.78 is 4.76. The molecule has 1 fully saturated rings. The zero-order valence-electron chi connectivity index (χ0n) is 14.3. The van der Waals surface area contributed by atoms with E-state index in [-0.39, 0.29) is 22.5 Å². The van der Waals surface area contributed by atoms with Crippen molar-refractivity contribution in [3.05, 3.63) is 21.9 Å². The Bertz CT molecular complexity index is 969. The van der Waals surface area contributed by atoms with Crippen LogP contribution in [-0.4, -0.2) is 66.8 Å². The fourth-order valence-electron chi connectivity index (χ4n) is 2.57. The molecule has 1 aromatic rings. The summed E-state index contributed by atoms with van der Waals surface area (Å²) in [5.41, 5.74) is 5.15. The largest absolute Gasteiger partial charge is 0.512 e. The minimum absolute atomic E-state index is 0.0532. The second kappa shape index (κ2) is 8.59. The highest BCUT2D eigenvalue weighted by atomic mass is 32.2. The molecule has 0 spiro atoms. The molecule has 2 amide bonds. The summed E-state index contributed by atoms with van der Waals surface area (Å²) >= 11 is 3.39. The Labute approximate surface area is 175 Å². The number of anilines is 1. The lowest BCUT2D eigenvalue weighted by Gasteiger charge is -2.48. The zero-order valence-corrected chi connectivity index (χ0v) is 16.7. The highest BCUT2D eigenvalue weighted by Crippen LogP contribution is 2.43. The lowest BCUT2D eigenvalue weighted by atomic mass is 10.1. The average molecular weight is 456 g/mol. The van der Waals surface area contributed by atoms with Crippen molar-refractivity contribution in [2.75, 3.05) is 17.2 Å². The van der Waals surface area contributed by atoms with Gasteiger partial charge >= 0.3 is 6.16 Å². The SMILES string of the molecule is N#CCSC1=C(OC(=O)O)N2C(=O)[C@@H](NC(=O)/C(=N\O)c3csc(N)n3)[C@@H]2SC1. The second-order valence-corrected chi connectivity index (χ2v) is 8.49. The number of amides is 2. The summed E-state index contributed by atoms with van der Waals surface area (Å²) in [7, 11) is 0. The zero-order chi connectivity index (χ0) is 21.1. The molecule has 2 aliphatic rings. The molecule has 0 bridgehead atoms. The maximum absolute atomic E-state index is 12.6. The van der Waals surface area contributed by atoms with Gasteiger partial charge in [0, 0.05) is 11.1 Å². The number of carboxylic acid groups (broad SMARTS) is 1. The number of nitriles is 1. The van der Waals surface area contributed by atoms with Crippen LogP contribution in [0.1, 0.15) is 5.69 Å². The Morgan fingerprint density at radius 3 is 2.93 bits per heavy atom. The Balaban J connectivity index is 1.76. The molecule has 2 atom stereocenters. The van der Waals surface area contributed by atoms with Crippen molar-refractivity contribution in [3.8, 4) is 6.07 Å². The average Bonchev–Trinajstić information content (AvgIpc) is 3.10. The van der Waals surface area contributed by atoms with Gasteiger partial charge in [-0.3, -0.25) is 14.5 Å². The maximum Gasteiger partial charge on any atom is 0.512 e. The number of carbonyl (C=O) groups is 3. The number of aromatic nitrogens is 1. The number of β-lactam (4-membered cyclic amide) rings is 1. The highest BCUT2D eigenvalue weighted by molar-refractivity contribution is 8.06. The smallest absolute Gasteiger partial charge is 0.449 e. The Morgan fingerprint density at radius 1 is 1.59 bits per heavy atom. The maximum atomic E-state index is 12.6. The molecule has 0 saturated carbocycles. The van der Waals surface area contributed by atoms with E-state index in [4.69, 9.17) is 26.0 Å². The predicted molar refractivity (Wildman–Crippen MR) is 104 cm³/mol. The summed E-state index contributed by atoms with van der Waals surface area (Å²) in [6.45, 7) is 0. The van der Waals surface area contributed by atoms with Gasteiger partial charge in [-0.25, -0.2) is 9.78 Å². The van der Waals surface area contributed by atoms with Crippen molar-refractivity contribution in [1.82, 2.24) is 15.2 Å². The van der Waals surface area contributed by atoms with E-state index >= 15 is 0 Å². The Kier molecular flexibility index (Phi) is 6.15. The summed E-state index contributed by atoms with van der Waals surface area (Å²) in [6, 6.07) is 0.930. The van der Waals surface area contributed by atoms with Gasteiger partial charge in [0.25, 0.3) is 11.8 Å². The van der Waals surface area contributed by atoms with Crippen LogP contribution in [0, 0.1) is 11.3 Å². The van der Waals surface area contributed by atoms with E-state index in [2.05, 4.69) is 15.5 Å². The minimum atomic E-state index is -1.60. The van der Waals surface area contributed by atoms with Gasteiger partial charge in [-0.1, -0.05) is 5.16 Å². The summed E-state index contributed by atoms with van der Waals surface area (Å²) in [6.07, 6.45) is -1.60. The van der Waals surface area contributed by atoms with Gasteiger partial charge in [0.1, 0.15) is 17.1 Å². The number of oxime groups is 1. The van der Waals surface area contributed by atoms with Crippen molar-refractivity contribution < 1.29 is 29.4 Å². The first kappa shape index (κ1) is 20.8. The molecule has 1 saturated heterocycles. The third-order valence-corrected chi connectivity index (χ3v) is 6.82. The van der Waals surface area contributed by atoms with Crippen molar-refractivity contribution in [2.45, 2.75) is 11.4 Å². The van der Waals surface area contributed by atoms with E-state index in [0.29, 0.717) is 10.7 Å². The van der Waals surface area contributed by atoms with Gasteiger partial charge in [0.05, 0.1) is 16.7 Å². The lowest BCUT2D eigenvalue weighted by Crippen LogP contribution is -2.70. The molecule has 12 nitrogen and oxygen atoms in total. The number of ether oxygens (including phenoxy) is 1. The molecule has 3 rings (SSSR count). The van der Waals surface area contributed by atoms with E-state index in [1.165, 1.54) is 17.1 Å². The van der Waals surface area contributed by atoms with Crippen LogP contribution in [0.4, 0.5) is 9.93 Å². The van der Waals surface area contributed by atoms with Gasteiger partial charge in [0.2, 0.25) is 5.88 Å². The number of rotatable bonds is 6. The molecule has 1 aromatic heterocycles. The number of thioether (sulfide) groups is 2. The van der Waals surface area contributed by atoms with Crippen LogP contribution in [0.15, 0.2) is 21.3 Å². The number of nitrogens with zero attached hydrogens (tertiary/aromatic N) is 4. The topological polar surface area (TPSA) is 191 Å². The van der Waals surface area contributed by atoms with Crippen LogP contribution in [0.25, 0.3) is 0 Å². The first-order valence-corrected chi connectivity index (χ1v) is 10.6. The van der Waals surface area contributed by atoms with Gasteiger partial charge in [-0.2, -0.15) is 5.26 Å². The third-order valence-electron chi connectivity index (χ3n) is 3.75. The number of nitrogen functional groups attached to an aromatic ring is 1. The monoisotopic (exact) mass is 456 g/mol. The van der Waals surface area contributed by atoms with E-state index in [9.17, 15) is 14.4 Å². The Hall–Kier alpha value is -2.96. The van der Waals surface area contributed by atoms with Crippen molar-refractivity contribution >= 4 is 63.7 Å². The molecule has 2 aliphatic heterocycles. The van der Waals surface area contributed by atoms with Crippen LogP contribution in [0.3, 0.4) is 0 Å². The van der Waals surface area contributed by atoms with E-state index in [1.807, 2.05) is 6.07 Å². The van der Waals surface area contributed by atoms with Crippen molar-refractivity contribution in [2.24, 2.45) is 5.16 Å². The van der Waals surface area contributed by atoms with Crippen LogP contribution < -0.4 is 11.1 Å². The van der Waals surface area contributed by atoms with Crippen LogP contribution >= 0.6 is 34.9 Å². The molecular weight excluding hydrogens is 444 g/mol. The Morgan fingerprint density at radius 2 is 2.34 bits per heavy atom. The predicted octanol–water partition coefficient (Wildman–Crippen LogP) is 0.424. The molecule has 15 heteroatoms. The fourth-order valence-corrected chi connectivity index (χ4v) is 5.33. The quantitative estimate of drug-likeness (QED) is 0.152. The van der Waals surface area contributed by atoms with Crippen LogP contribution in [0.5, 0.6) is 0 Å². The van der Waals surface area contributed by atoms with Gasteiger partial charge in [0.15, 0.2) is 10.8 Å². The highest BCUT2D eigenvalue weighted by Gasteiger charge is 2.54. The van der Waals surface area contributed by atoms with Gasteiger partial charge in [-0.15, -0.1) is 34.9 Å². The van der Waals surface area contributed by atoms with Crippen LogP contribution in [0.2, 0.25) is 0 Å². The molecule has 0 aromatic carbocycles. The molecule has 152 valence electrons. The number of fused-ring (bicyclic) bond motifs is 1. The molecule has 29 heavy (non-hydrogen) atoms. The molecule has 0 aliphatic carbocycles. The van der Waals surface area contributed by atoms with E-state index < -0.39 is 35.1 Å². The number of nitrogens with two attached hydrogens (primary N) is 1. The lowest BCUT2D eigenvalue weighted by molar-refractivity contribution is -0.148. The third kappa shape index (κ3) is 4.09. The standard InChI is InChI=1S/C14H12N6O6S3/c15-1-2-27-6-4-28-12-8(10(22)20(12)11(6)26-14(23)24)18-9(21)7(19-25)5-3-29-13(16)17-5/h3,8,12,25H,2,4H2,(H2,16,17)(H,18,21)(H,23,24)/b19-7-/t8-,12+/m1/s1. The summed E-state index contributed by atoms with van der Waals surface area (Å²) in [5.74, 6) is -1.26. The number of carbonyl (C=O) groups excluding carboxylic acids is 2. The molecule has 3 heterocycles. The first-order valence-electron chi connectivity index (χ1n) is 7.70. The van der Waals surface area contributed by atoms with Gasteiger partial charge in [-0.05, 0) is 0 Å². The molecule has 5 N–H and O–H groups in total. The van der Waals surface area contributed by atoms with Gasteiger partial charge < -0.3 is 26.1 Å².